The maximum absolute atomic E-state index is 12.9. The molecule has 1 saturated heterocycles. The summed E-state index contributed by atoms with van der Waals surface area (Å²) in [5.74, 6) is 0.488. The summed E-state index contributed by atoms with van der Waals surface area (Å²) in [5.41, 5.74) is 0.638. The minimum atomic E-state index is -3.55. The third-order valence-corrected chi connectivity index (χ3v) is 7.27. The molecule has 0 atom stereocenters. The highest BCUT2D eigenvalue weighted by molar-refractivity contribution is 9.10. The van der Waals surface area contributed by atoms with Crippen LogP contribution >= 0.6 is 15.9 Å². The summed E-state index contributed by atoms with van der Waals surface area (Å²) < 4.78 is 33.7. The molecule has 30 heavy (non-hydrogen) atoms. The van der Waals surface area contributed by atoms with Crippen LogP contribution in [0, 0.1) is 0 Å². The van der Waals surface area contributed by atoms with Crippen LogP contribution in [-0.4, -0.2) is 62.9 Å². The van der Waals surface area contributed by atoms with Crippen molar-refractivity contribution in [3.8, 4) is 5.75 Å². The molecule has 0 aliphatic carbocycles. The van der Waals surface area contributed by atoms with Gasteiger partial charge in [0.2, 0.25) is 15.9 Å². The van der Waals surface area contributed by atoms with Crippen LogP contribution in [-0.2, 0) is 14.8 Å². The predicted octanol–water partition coefficient (Wildman–Crippen LogP) is 3.18. The van der Waals surface area contributed by atoms with Crippen molar-refractivity contribution in [1.29, 1.82) is 0 Å². The first-order valence-corrected chi connectivity index (χ1v) is 12.1. The SMILES string of the molecule is CCOc1ccccc1NC(=O)CN1CCCN(S(=O)(=O)c2ccc(Br)cc2)CC1. The Morgan fingerprint density at radius 1 is 1.07 bits per heavy atom. The first-order chi connectivity index (χ1) is 14.4. The van der Waals surface area contributed by atoms with Gasteiger partial charge in [-0.3, -0.25) is 9.69 Å². The summed E-state index contributed by atoms with van der Waals surface area (Å²) in [4.78, 5) is 14.8. The first kappa shape index (κ1) is 22.7. The van der Waals surface area contributed by atoms with Gasteiger partial charge in [-0.2, -0.15) is 4.31 Å². The lowest BCUT2D eigenvalue weighted by Crippen LogP contribution is -2.38. The number of para-hydroxylation sites is 2. The van der Waals surface area contributed by atoms with Crippen molar-refractivity contribution >= 4 is 37.5 Å². The van der Waals surface area contributed by atoms with Gasteiger partial charge in [0, 0.05) is 24.1 Å². The first-order valence-electron chi connectivity index (χ1n) is 9.90. The minimum absolute atomic E-state index is 0.147. The van der Waals surface area contributed by atoms with Crippen LogP contribution < -0.4 is 10.1 Å². The summed E-state index contributed by atoms with van der Waals surface area (Å²) in [7, 11) is -3.55. The normalized spacial score (nSPS) is 16.1. The summed E-state index contributed by atoms with van der Waals surface area (Å²) in [6, 6.07) is 14.0. The van der Waals surface area contributed by atoms with Crippen LogP contribution in [0.4, 0.5) is 5.69 Å². The van der Waals surface area contributed by atoms with Gasteiger partial charge in [0.05, 0.1) is 23.7 Å². The fourth-order valence-electron chi connectivity index (χ4n) is 3.35. The molecule has 1 amide bonds. The standard InChI is InChI=1S/C21H26BrN3O4S/c1-2-29-20-7-4-3-6-19(20)23-21(26)16-24-12-5-13-25(15-14-24)30(27,28)18-10-8-17(22)9-11-18/h3-4,6-11H,2,5,12-16H2,1H3,(H,23,26). The molecule has 0 bridgehead atoms. The van der Waals surface area contributed by atoms with E-state index in [2.05, 4.69) is 21.2 Å². The van der Waals surface area contributed by atoms with E-state index in [1.807, 2.05) is 30.0 Å². The lowest BCUT2D eigenvalue weighted by atomic mass is 10.3. The maximum atomic E-state index is 12.9. The van der Waals surface area contributed by atoms with Gasteiger partial charge < -0.3 is 10.1 Å². The Morgan fingerprint density at radius 3 is 2.53 bits per heavy atom. The number of nitrogens with zero attached hydrogens (tertiary/aromatic N) is 2. The molecule has 1 fully saturated rings. The molecule has 2 aromatic rings. The number of hydrogen-bond donors (Lipinski definition) is 1. The van der Waals surface area contributed by atoms with E-state index in [1.165, 1.54) is 4.31 Å². The average Bonchev–Trinajstić information content (AvgIpc) is 2.96. The summed E-state index contributed by atoms with van der Waals surface area (Å²) in [6.45, 7) is 4.55. The molecule has 1 aliphatic heterocycles. The largest absolute Gasteiger partial charge is 0.492 e. The molecule has 0 radical (unpaired) electrons. The zero-order chi connectivity index (χ0) is 21.6. The van der Waals surface area contributed by atoms with Crippen molar-refractivity contribution < 1.29 is 17.9 Å². The van der Waals surface area contributed by atoms with E-state index in [-0.39, 0.29) is 17.3 Å². The monoisotopic (exact) mass is 495 g/mol. The molecule has 0 saturated carbocycles. The number of ether oxygens (including phenoxy) is 1. The van der Waals surface area contributed by atoms with Crippen LogP contribution in [0.1, 0.15) is 13.3 Å². The van der Waals surface area contributed by atoms with Crippen molar-refractivity contribution in [3.63, 3.8) is 0 Å². The molecular formula is C21H26BrN3O4S. The maximum Gasteiger partial charge on any atom is 0.243 e. The third-order valence-electron chi connectivity index (χ3n) is 4.83. The van der Waals surface area contributed by atoms with Crippen molar-refractivity contribution in [2.75, 3.05) is 44.6 Å². The Kier molecular flexibility index (Phi) is 7.87. The van der Waals surface area contributed by atoms with Gasteiger partial charge in [0.15, 0.2) is 0 Å². The third kappa shape index (κ3) is 5.81. The molecule has 0 spiro atoms. The molecule has 3 rings (SSSR count). The molecule has 7 nitrogen and oxygen atoms in total. The summed E-state index contributed by atoms with van der Waals surface area (Å²) in [5, 5.41) is 2.89. The molecule has 0 unspecified atom stereocenters. The van der Waals surface area contributed by atoms with Crippen molar-refractivity contribution in [1.82, 2.24) is 9.21 Å². The Hall–Kier alpha value is -1.94. The molecule has 1 N–H and O–H groups in total. The van der Waals surface area contributed by atoms with Gasteiger partial charge in [-0.15, -0.1) is 0 Å². The number of carbonyl (C=O) groups excluding carboxylic acids is 1. The lowest BCUT2D eigenvalue weighted by Gasteiger charge is -2.21. The highest BCUT2D eigenvalue weighted by Gasteiger charge is 2.27. The number of carbonyl (C=O) groups is 1. The van der Waals surface area contributed by atoms with Gasteiger partial charge >= 0.3 is 0 Å². The number of anilines is 1. The average molecular weight is 496 g/mol. The van der Waals surface area contributed by atoms with E-state index in [0.717, 1.165) is 4.47 Å². The molecular weight excluding hydrogens is 470 g/mol. The molecule has 2 aromatic carbocycles. The van der Waals surface area contributed by atoms with Crippen LogP contribution in [0.25, 0.3) is 0 Å². The Morgan fingerprint density at radius 2 is 1.80 bits per heavy atom. The van der Waals surface area contributed by atoms with E-state index in [9.17, 15) is 13.2 Å². The fraction of sp³-hybridized carbons (Fsp3) is 0.381. The minimum Gasteiger partial charge on any atom is -0.492 e. The zero-order valence-electron chi connectivity index (χ0n) is 16.9. The van der Waals surface area contributed by atoms with E-state index >= 15 is 0 Å². The van der Waals surface area contributed by atoms with Gasteiger partial charge in [-0.1, -0.05) is 28.1 Å². The molecule has 0 aromatic heterocycles. The lowest BCUT2D eigenvalue weighted by molar-refractivity contribution is -0.117. The number of nitrogens with one attached hydrogen (secondary N) is 1. The summed E-state index contributed by atoms with van der Waals surface area (Å²) in [6.07, 6.45) is 0.665. The second-order valence-corrected chi connectivity index (χ2v) is 9.82. The second-order valence-electron chi connectivity index (χ2n) is 6.97. The van der Waals surface area contributed by atoms with E-state index in [4.69, 9.17) is 4.74 Å². The Labute approximate surface area is 186 Å². The van der Waals surface area contributed by atoms with Gasteiger partial charge in [0.1, 0.15) is 5.75 Å². The number of hydrogen-bond acceptors (Lipinski definition) is 5. The van der Waals surface area contributed by atoms with Crippen LogP contribution in [0.15, 0.2) is 57.9 Å². The van der Waals surface area contributed by atoms with Crippen LogP contribution in [0.2, 0.25) is 0 Å². The van der Waals surface area contributed by atoms with Gasteiger partial charge in [-0.25, -0.2) is 8.42 Å². The van der Waals surface area contributed by atoms with E-state index in [1.54, 1.807) is 30.3 Å². The van der Waals surface area contributed by atoms with Gasteiger partial charge in [0.25, 0.3) is 0 Å². The van der Waals surface area contributed by atoms with Gasteiger partial charge in [-0.05, 0) is 56.3 Å². The quantitative estimate of drug-likeness (QED) is 0.637. The fourth-order valence-corrected chi connectivity index (χ4v) is 5.08. The zero-order valence-corrected chi connectivity index (χ0v) is 19.3. The van der Waals surface area contributed by atoms with E-state index in [0.29, 0.717) is 50.6 Å². The number of sulfonamides is 1. The molecule has 9 heteroatoms. The molecule has 1 heterocycles. The van der Waals surface area contributed by atoms with Crippen molar-refractivity contribution in [2.24, 2.45) is 0 Å². The van der Waals surface area contributed by atoms with Crippen molar-refractivity contribution in [2.45, 2.75) is 18.2 Å². The Balaban J connectivity index is 1.59. The smallest absolute Gasteiger partial charge is 0.243 e. The molecule has 162 valence electrons. The topological polar surface area (TPSA) is 79.0 Å². The highest BCUT2D eigenvalue weighted by Crippen LogP contribution is 2.24. The number of rotatable bonds is 7. The van der Waals surface area contributed by atoms with E-state index < -0.39 is 10.0 Å². The van der Waals surface area contributed by atoms with Crippen molar-refractivity contribution in [3.05, 3.63) is 53.0 Å². The summed E-state index contributed by atoms with van der Waals surface area (Å²) >= 11 is 3.33. The highest BCUT2D eigenvalue weighted by atomic mass is 79.9. The number of benzene rings is 2. The number of amides is 1. The second kappa shape index (κ2) is 10.4. The van der Waals surface area contributed by atoms with Crippen LogP contribution in [0.5, 0.6) is 5.75 Å². The molecule has 1 aliphatic rings. The Bertz CT molecular complexity index is 966. The van der Waals surface area contributed by atoms with Crippen LogP contribution in [0.3, 0.4) is 0 Å². The predicted molar refractivity (Wildman–Crippen MR) is 120 cm³/mol. The number of halogens is 1.